The number of nitro benzene ring substituents is 1. The predicted molar refractivity (Wildman–Crippen MR) is 190 cm³/mol. The van der Waals surface area contributed by atoms with Gasteiger partial charge in [0.15, 0.2) is 0 Å². The van der Waals surface area contributed by atoms with E-state index in [1.54, 1.807) is 19.1 Å². The summed E-state index contributed by atoms with van der Waals surface area (Å²) in [7, 11) is 0. The highest BCUT2D eigenvalue weighted by atomic mass is 32.2. The van der Waals surface area contributed by atoms with Crippen LogP contribution in [0.2, 0.25) is 0 Å². The first-order valence-electron chi connectivity index (χ1n) is 16.0. The van der Waals surface area contributed by atoms with Crippen molar-refractivity contribution in [3.8, 4) is 0 Å². The summed E-state index contributed by atoms with van der Waals surface area (Å²) < 4.78 is 6.33. The number of hydrogen-bond donors (Lipinski definition) is 1. The van der Waals surface area contributed by atoms with E-state index in [4.69, 9.17) is 4.74 Å². The van der Waals surface area contributed by atoms with E-state index in [0.29, 0.717) is 21.2 Å². The second-order valence-corrected chi connectivity index (χ2v) is 13.7. The SMILES string of the molecule is CCOC(=O)c1ccc(NC(=O)Cn2c3c(sc2=O)[C@H](c2ccc(N(CC)CC)cc2)C2C(=O)N(c4ccc([N+](=O)[O-])cc4)C(=O)C2S3)cc1. The number of nitrogens with one attached hydrogen (secondary N) is 1. The van der Waals surface area contributed by atoms with Crippen molar-refractivity contribution in [1.82, 2.24) is 4.57 Å². The van der Waals surface area contributed by atoms with Gasteiger partial charge in [-0.1, -0.05) is 35.2 Å². The normalized spacial score (nSPS) is 18.0. The van der Waals surface area contributed by atoms with Crippen LogP contribution < -0.4 is 20.0 Å². The molecule has 3 amide bonds. The highest BCUT2D eigenvalue weighted by Gasteiger charge is 2.57. The maximum absolute atomic E-state index is 14.2. The summed E-state index contributed by atoms with van der Waals surface area (Å²) in [6, 6.07) is 19.1. The number of amides is 3. The number of ether oxygens (including phenoxy) is 1. The van der Waals surface area contributed by atoms with Gasteiger partial charge < -0.3 is 15.0 Å². The van der Waals surface area contributed by atoms with Crippen molar-refractivity contribution in [1.29, 1.82) is 0 Å². The number of thiazole rings is 1. The minimum absolute atomic E-state index is 0.176. The molecule has 15 heteroatoms. The quantitative estimate of drug-likeness (QED) is 0.0937. The van der Waals surface area contributed by atoms with Crippen LogP contribution in [0.1, 0.15) is 47.5 Å². The lowest BCUT2D eigenvalue weighted by Gasteiger charge is -2.31. The molecule has 258 valence electrons. The number of hydrogen-bond acceptors (Lipinski definition) is 11. The van der Waals surface area contributed by atoms with Gasteiger partial charge in [-0.15, -0.1) is 0 Å². The number of nitrogens with zero attached hydrogens (tertiary/aromatic N) is 4. The Bertz CT molecular complexity index is 2020. The Morgan fingerprint density at radius 3 is 2.18 bits per heavy atom. The molecule has 0 bridgehead atoms. The van der Waals surface area contributed by atoms with Crippen LogP contribution in [0, 0.1) is 16.0 Å². The lowest BCUT2D eigenvalue weighted by Crippen LogP contribution is -2.33. The molecule has 3 heterocycles. The largest absolute Gasteiger partial charge is 0.462 e. The van der Waals surface area contributed by atoms with Crippen molar-refractivity contribution in [3.63, 3.8) is 0 Å². The standard InChI is InChI=1S/C35H33N5O8S2/c1-4-37(5-2)23-13-9-20(10-14-23)27-28-29(32(43)39(31(28)42)24-15-17-25(18-16-24)40(46)47)49-33-30(27)50-35(45)38(33)19-26(41)36-22-11-7-21(8-12-22)34(44)48-6-3/h7-18,27-29H,4-6,19H2,1-3H3,(H,36,41)/t27-,28?,29?/m1/s1. The minimum Gasteiger partial charge on any atom is -0.462 e. The number of carbonyl (C=O) groups is 4. The van der Waals surface area contributed by atoms with Crippen LogP contribution in [0.3, 0.4) is 0 Å². The van der Waals surface area contributed by atoms with Gasteiger partial charge in [-0.25, -0.2) is 9.69 Å². The molecule has 50 heavy (non-hydrogen) atoms. The van der Waals surface area contributed by atoms with Crippen molar-refractivity contribution < 1.29 is 28.8 Å². The third-order valence-corrected chi connectivity index (χ3v) is 11.3. The van der Waals surface area contributed by atoms with Gasteiger partial charge in [0.1, 0.15) is 11.8 Å². The van der Waals surface area contributed by atoms with E-state index in [1.807, 2.05) is 24.3 Å². The molecule has 2 unspecified atom stereocenters. The average molecular weight is 716 g/mol. The number of rotatable bonds is 11. The topological polar surface area (TPSA) is 161 Å². The van der Waals surface area contributed by atoms with Gasteiger partial charge >= 0.3 is 10.8 Å². The summed E-state index contributed by atoms with van der Waals surface area (Å²) in [5.41, 5.74) is 2.50. The highest BCUT2D eigenvalue weighted by molar-refractivity contribution is 8.00. The molecule has 4 aromatic rings. The van der Waals surface area contributed by atoms with E-state index in [0.717, 1.165) is 52.3 Å². The van der Waals surface area contributed by atoms with E-state index in [9.17, 15) is 34.1 Å². The van der Waals surface area contributed by atoms with Gasteiger partial charge in [0.05, 0.1) is 33.7 Å². The Balaban J connectivity index is 1.35. The summed E-state index contributed by atoms with van der Waals surface area (Å²) in [4.78, 5) is 81.1. The zero-order valence-corrected chi connectivity index (χ0v) is 29.0. The van der Waals surface area contributed by atoms with Gasteiger partial charge in [0.25, 0.3) is 5.69 Å². The average Bonchev–Trinajstić information content (AvgIpc) is 3.55. The molecule has 0 spiro atoms. The molecule has 0 aliphatic carbocycles. The molecule has 1 fully saturated rings. The predicted octanol–water partition coefficient (Wildman–Crippen LogP) is 5.28. The lowest BCUT2D eigenvalue weighted by atomic mass is 9.83. The number of carbonyl (C=O) groups excluding carboxylic acids is 4. The molecule has 1 aromatic heterocycles. The zero-order chi connectivity index (χ0) is 35.7. The molecule has 0 saturated carbocycles. The maximum Gasteiger partial charge on any atom is 0.338 e. The van der Waals surface area contributed by atoms with Crippen molar-refractivity contribution in [2.24, 2.45) is 5.92 Å². The van der Waals surface area contributed by atoms with E-state index in [2.05, 4.69) is 24.1 Å². The monoisotopic (exact) mass is 715 g/mol. The van der Waals surface area contributed by atoms with E-state index >= 15 is 0 Å². The molecular formula is C35H33N5O8S2. The fraction of sp³-hybridized carbons (Fsp3) is 0.286. The number of non-ortho nitro benzene ring substituents is 1. The number of aromatic nitrogens is 1. The van der Waals surface area contributed by atoms with Crippen LogP contribution in [0.5, 0.6) is 0 Å². The first-order chi connectivity index (χ1) is 24.1. The number of esters is 1. The Morgan fingerprint density at radius 1 is 0.920 bits per heavy atom. The fourth-order valence-electron chi connectivity index (χ4n) is 6.32. The molecule has 2 aliphatic heterocycles. The molecule has 13 nitrogen and oxygen atoms in total. The molecule has 1 N–H and O–H groups in total. The Morgan fingerprint density at radius 2 is 1.58 bits per heavy atom. The summed E-state index contributed by atoms with van der Waals surface area (Å²) in [6.45, 7) is 7.28. The van der Waals surface area contributed by atoms with Gasteiger partial charge in [0.2, 0.25) is 17.7 Å². The number of fused-ring (bicyclic) bond motifs is 2. The van der Waals surface area contributed by atoms with Gasteiger partial charge in [-0.2, -0.15) is 0 Å². The molecule has 6 rings (SSSR count). The Kier molecular flexibility index (Phi) is 9.88. The van der Waals surface area contributed by atoms with Crippen LogP contribution >= 0.6 is 23.1 Å². The first kappa shape index (κ1) is 34.6. The second kappa shape index (κ2) is 14.3. The van der Waals surface area contributed by atoms with E-state index < -0.39 is 50.6 Å². The van der Waals surface area contributed by atoms with Crippen molar-refractivity contribution in [3.05, 3.63) is 109 Å². The van der Waals surface area contributed by atoms with Gasteiger partial charge in [-0.05, 0) is 74.9 Å². The third-order valence-electron chi connectivity index (χ3n) is 8.73. The number of anilines is 3. The van der Waals surface area contributed by atoms with Gasteiger partial charge in [-0.3, -0.25) is 33.9 Å². The van der Waals surface area contributed by atoms with Crippen molar-refractivity contribution in [2.45, 2.75) is 43.5 Å². The summed E-state index contributed by atoms with van der Waals surface area (Å²) in [5.74, 6) is -3.50. The van der Waals surface area contributed by atoms with Crippen molar-refractivity contribution in [2.75, 3.05) is 34.8 Å². The molecule has 2 aliphatic rings. The van der Waals surface area contributed by atoms with Crippen LogP contribution in [0.25, 0.3) is 0 Å². The maximum atomic E-state index is 14.2. The summed E-state index contributed by atoms with van der Waals surface area (Å²) >= 11 is 2.02. The number of benzene rings is 3. The Hall–Kier alpha value is -5.28. The number of thioether (sulfide) groups is 1. The van der Waals surface area contributed by atoms with E-state index in [-0.39, 0.29) is 24.5 Å². The molecule has 3 atom stereocenters. The van der Waals surface area contributed by atoms with Crippen LogP contribution in [-0.2, 0) is 25.7 Å². The molecule has 3 aromatic carbocycles. The Labute approximate surface area is 295 Å². The minimum atomic E-state index is -0.920. The van der Waals surface area contributed by atoms with Gasteiger partial charge in [0, 0.05) is 47.4 Å². The smallest absolute Gasteiger partial charge is 0.338 e. The van der Waals surface area contributed by atoms with Crippen LogP contribution in [-0.4, -0.2) is 58.1 Å². The lowest BCUT2D eigenvalue weighted by molar-refractivity contribution is -0.384. The van der Waals surface area contributed by atoms with Crippen LogP contribution in [0.15, 0.2) is 82.6 Å². The van der Waals surface area contributed by atoms with Crippen LogP contribution in [0.4, 0.5) is 22.7 Å². The first-order valence-corrected chi connectivity index (χ1v) is 17.7. The third kappa shape index (κ3) is 6.41. The molecule has 1 saturated heterocycles. The summed E-state index contributed by atoms with van der Waals surface area (Å²) in [5, 5.41) is 13.5. The number of imide groups is 1. The van der Waals surface area contributed by atoms with E-state index in [1.165, 1.54) is 41.0 Å². The zero-order valence-electron chi connectivity index (χ0n) is 27.4. The fourth-order valence-corrected chi connectivity index (χ4v) is 9.09. The summed E-state index contributed by atoms with van der Waals surface area (Å²) in [6.07, 6.45) is 0. The van der Waals surface area contributed by atoms with Crippen molar-refractivity contribution >= 4 is 69.5 Å². The highest BCUT2D eigenvalue weighted by Crippen LogP contribution is 2.54. The molecular weight excluding hydrogens is 683 g/mol. The molecule has 0 radical (unpaired) electrons. The number of nitro groups is 1. The second-order valence-electron chi connectivity index (χ2n) is 11.6.